The van der Waals surface area contributed by atoms with E-state index in [-0.39, 0.29) is 34.9 Å². The molecule has 0 fully saturated rings. The number of carbonyl (C=O) groups is 1. The zero-order valence-corrected chi connectivity index (χ0v) is 16.5. The molecule has 1 amide bonds. The first-order valence-electron chi connectivity index (χ1n) is 8.99. The predicted molar refractivity (Wildman–Crippen MR) is 114 cm³/mol. The van der Waals surface area contributed by atoms with Crippen molar-refractivity contribution in [3.63, 3.8) is 0 Å². The van der Waals surface area contributed by atoms with E-state index in [4.69, 9.17) is 11.6 Å². The molecule has 0 aliphatic rings. The van der Waals surface area contributed by atoms with Gasteiger partial charge in [0.1, 0.15) is 5.69 Å². The predicted octanol–water partition coefficient (Wildman–Crippen LogP) is 4.91. The van der Waals surface area contributed by atoms with Gasteiger partial charge >= 0.3 is 0 Å². The number of nitrogens with zero attached hydrogens (tertiary/aromatic N) is 2. The van der Waals surface area contributed by atoms with Gasteiger partial charge in [-0.1, -0.05) is 72.3 Å². The minimum Gasteiger partial charge on any atom is -0.319 e. The minimum atomic E-state index is -0.568. The molecule has 0 aliphatic carbocycles. The normalized spacial score (nSPS) is 10.9. The van der Waals surface area contributed by atoms with Crippen LogP contribution >= 0.6 is 11.6 Å². The highest BCUT2D eigenvalue weighted by molar-refractivity contribution is 6.31. The molecule has 0 bridgehead atoms. The number of nitrogens with one attached hydrogen (secondary N) is 1. The van der Waals surface area contributed by atoms with Crippen molar-refractivity contribution in [2.45, 2.75) is 6.04 Å². The summed E-state index contributed by atoms with van der Waals surface area (Å²) >= 11 is 5.83. The number of benzene rings is 3. The second-order valence-electron chi connectivity index (χ2n) is 6.61. The second kappa shape index (κ2) is 9.32. The molecule has 6 nitrogen and oxygen atoms in total. The van der Waals surface area contributed by atoms with Crippen molar-refractivity contribution in [2.24, 2.45) is 0 Å². The average Bonchev–Trinajstić information content (AvgIpc) is 2.71. The molecule has 0 aromatic heterocycles. The summed E-state index contributed by atoms with van der Waals surface area (Å²) in [5.74, 6) is -0.352. The first-order chi connectivity index (χ1) is 14.0. The Labute approximate surface area is 173 Å². The summed E-state index contributed by atoms with van der Waals surface area (Å²) in [5.41, 5.74) is 1.97. The standard InChI is InChI=1S/C22H20ClN3O3/c1-25(15-21(27)24-19-13-12-18(23)14-20(19)26(28)29)22(16-8-4-2-5-9-16)17-10-6-3-7-11-17/h2-14,22H,15H2,1H3,(H,24,27). The van der Waals surface area contributed by atoms with Gasteiger partial charge in [-0.2, -0.15) is 0 Å². The highest BCUT2D eigenvalue weighted by Crippen LogP contribution is 2.29. The maximum Gasteiger partial charge on any atom is 0.294 e. The van der Waals surface area contributed by atoms with Crippen molar-refractivity contribution in [3.8, 4) is 0 Å². The van der Waals surface area contributed by atoms with E-state index in [1.54, 1.807) is 0 Å². The lowest BCUT2D eigenvalue weighted by Gasteiger charge is -2.28. The summed E-state index contributed by atoms with van der Waals surface area (Å²) < 4.78 is 0. The van der Waals surface area contributed by atoms with E-state index < -0.39 is 4.92 Å². The fourth-order valence-corrected chi connectivity index (χ4v) is 3.41. The molecule has 3 rings (SSSR count). The quantitative estimate of drug-likeness (QED) is 0.444. The molecule has 1 N–H and O–H groups in total. The third-order valence-corrected chi connectivity index (χ3v) is 4.73. The molecular formula is C22H20ClN3O3. The fourth-order valence-electron chi connectivity index (χ4n) is 3.24. The van der Waals surface area contributed by atoms with Crippen molar-refractivity contribution in [3.05, 3.63) is 105 Å². The van der Waals surface area contributed by atoms with Gasteiger partial charge in [0.25, 0.3) is 5.69 Å². The van der Waals surface area contributed by atoms with Crippen LogP contribution in [0.4, 0.5) is 11.4 Å². The third kappa shape index (κ3) is 5.19. The molecule has 3 aromatic carbocycles. The molecule has 148 valence electrons. The van der Waals surface area contributed by atoms with Crippen molar-refractivity contribution in [1.29, 1.82) is 0 Å². The Morgan fingerprint density at radius 3 is 2.10 bits per heavy atom. The third-order valence-electron chi connectivity index (χ3n) is 4.49. The number of carbonyl (C=O) groups excluding carboxylic acids is 1. The lowest BCUT2D eigenvalue weighted by Crippen LogP contribution is -2.34. The van der Waals surface area contributed by atoms with Crippen LogP contribution in [0.3, 0.4) is 0 Å². The molecule has 0 saturated heterocycles. The number of nitro benzene ring substituents is 1. The van der Waals surface area contributed by atoms with Gasteiger partial charge in [-0.3, -0.25) is 19.8 Å². The van der Waals surface area contributed by atoms with Crippen molar-refractivity contribution >= 4 is 28.9 Å². The van der Waals surface area contributed by atoms with Gasteiger partial charge < -0.3 is 5.32 Å². The smallest absolute Gasteiger partial charge is 0.294 e. The van der Waals surface area contributed by atoms with Crippen LogP contribution in [0.25, 0.3) is 0 Å². The Morgan fingerprint density at radius 2 is 1.59 bits per heavy atom. The maximum atomic E-state index is 12.6. The largest absolute Gasteiger partial charge is 0.319 e. The molecular weight excluding hydrogens is 390 g/mol. The van der Waals surface area contributed by atoms with Crippen LogP contribution in [0.15, 0.2) is 78.9 Å². The van der Waals surface area contributed by atoms with Gasteiger partial charge in [0.2, 0.25) is 5.91 Å². The highest BCUT2D eigenvalue weighted by Gasteiger charge is 2.22. The van der Waals surface area contributed by atoms with Gasteiger partial charge in [-0.05, 0) is 30.3 Å². The van der Waals surface area contributed by atoms with Gasteiger partial charge in [-0.25, -0.2) is 0 Å². The molecule has 0 spiro atoms. The molecule has 0 heterocycles. The monoisotopic (exact) mass is 409 g/mol. The Bertz CT molecular complexity index is 957. The number of halogens is 1. The van der Waals surface area contributed by atoms with Crippen LogP contribution < -0.4 is 5.32 Å². The molecule has 0 atom stereocenters. The van der Waals surface area contributed by atoms with Crippen LogP contribution in [-0.2, 0) is 4.79 Å². The zero-order valence-electron chi connectivity index (χ0n) is 15.8. The first-order valence-corrected chi connectivity index (χ1v) is 9.37. The number of hydrogen-bond donors (Lipinski definition) is 1. The van der Waals surface area contributed by atoms with E-state index in [1.807, 2.05) is 72.6 Å². The average molecular weight is 410 g/mol. The lowest BCUT2D eigenvalue weighted by atomic mass is 9.97. The molecule has 0 unspecified atom stereocenters. The Morgan fingerprint density at radius 1 is 1.03 bits per heavy atom. The van der Waals surface area contributed by atoms with Crippen molar-refractivity contribution in [1.82, 2.24) is 4.90 Å². The zero-order chi connectivity index (χ0) is 20.8. The van der Waals surface area contributed by atoms with Gasteiger partial charge in [-0.15, -0.1) is 0 Å². The van der Waals surface area contributed by atoms with Gasteiger partial charge in [0.05, 0.1) is 17.5 Å². The lowest BCUT2D eigenvalue weighted by molar-refractivity contribution is -0.383. The maximum absolute atomic E-state index is 12.6. The van der Waals surface area contributed by atoms with Gasteiger partial charge in [0, 0.05) is 11.1 Å². The van der Waals surface area contributed by atoms with E-state index in [9.17, 15) is 14.9 Å². The van der Waals surface area contributed by atoms with Crippen LogP contribution in [-0.4, -0.2) is 29.3 Å². The molecule has 29 heavy (non-hydrogen) atoms. The fraction of sp³-hybridized carbons (Fsp3) is 0.136. The van der Waals surface area contributed by atoms with Crippen LogP contribution in [0.5, 0.6) is 0 Å². The number of hydrogen-bond acceptors (Lipinski definition) is 4. The van der Waals surface area contributed by atoms with Crippen LogP contribution in [0.2, 0.25) is 5.02 Å². The van der Waals surface area contributed by atoms with E-state index >= 15 is 0 Å². The Hall–Kier alpha value is -3.22. The van der Waals surface area contributed by atoms with E-state index in [2.05, 4.69) is 5.32 Å². The number of nitro groups is 1. The van der Waals surface area contributed by atoms with Gasteiger partial charge in [0.15, 0.2) is 0 Å². The summed E-state index contributed by atoms with van der Waals surface area (Å²) in [6.45, 7) is 0.0498. The van der Waals surface area contributed by atoms with E-state index in [0.29, 0.717) is 0 Å². The van der Waals surface area contributed by atoms with Crippen LogP contribution in [0.1, 0.15) is 17.2 Å². The minimum absolute atomic E-state index is 0.0498. The van der Waals surface area contributed by atoms with Crippen molar-refractivity contribution < 1.29 is 9.72 Å². The van der Waals surface area contributed by atoms with E-state index in [1.165, 1.54) is 18.2 Å². The van der Waals surface area contributed by atoms with Crippen LogP contribution in [0, 0.1) is 10.1 Å². The summed E-state index contributed by atoms with van der Waals surface area (Å²) in [6, 6.07) is 23.8. The topological polar surface area (TPSA) is 75.5 Å². The number of anilines is 1. The second-order valence-corrected chi connectivity index (χ2v) is 7.04. The molecule has 0 aliphatic heterocycles. The number of rotatable bonds is 7. The SMILES string of the molecule is CN(CC(=O)Nc1ccc(Cl)cc1[N+](=O)[O-])C(c1ccccc1)c1ccccc1. The molecule has 3 aromatic rings. The number of amides is 1. The summed E-state index contributed by atoms with van der Waals surface area (Å²) in [7, 11) is 1.85. The molecule has 0 radical (unpaired) electrons. The van der Waals surface area contributed by atoms with E-state index in [0.717, 1.165) is 11.1 Å². The van der Waals surface area contributed by atoms with Crippen molar-refractivity contribution in [2.75, 3.05) is 18.9 Å². The summed E-state index contributed by atoms with van der Waals surface area (Å²) in [6.07, 6.45) is 0. The summed E-state index contributed by atoms with van der Waals surface area (Å²) in [5, 5.41) is 14.1. The molecule has 0 saturated carbocycles. The first kappa shape index (κ1) is 20.5. The molecule has 7 heteroatoms. The highest BCUT2D eigenvalue weighted by atomic mass is 35.5. The summed E-state index contributed by atoms with van der Waals surface area (Å²) in [4.78, 5) is 25.2. The number of likely N-dealkylation sites (N-methyl/N-ethyl adjacent to an activating group) is 1. The Kier molecular flexibility index (Phi) is 6.59. The Balaban J connectivity index is 1.81.